The van der Waals surface area contributed by atoms with Crippen LogP contribution in [-0.4, -0.2) is 56.2 Å². The summed E-state index contributed by atoms with van der Waals surface area (Å²) in [6.07, 6.45) is 5.90. The third-order valence-corrected chi connectivity index (χ3v) is 5.63. The molecule has 2 aromatic rings. The van der Waals surface area contributed by atoms with Gasteiger partial charge in [-0.05, 0) is 32.9 Å². The first-order chi connectivity index (χ1) is 16.0. The Morgan fingerprint density at radius 3 is 2.64 bits per heavy atom. The Labute approximate surface area is 197 Å². The molecule has 8 nitrogen and oxygen atoms in total. The second kappa shape index (κ2) is 11.9. The predicted molar refractivity (Wildman–Crippen MR) is 125 cm³/mol. The zero-order valence-corrected chi connectivity index (χ0v) is 19.6. The van der Waals surface area contributed by atoms with E-state index in [1.807, 2.05) is 11.9 Å². The number of rotatable bonds is 9. The van der Waals surface area contributed by atoms with Crippen molar-refractivity contribution in [1.82, 2.24) is 15.3 Å². The lowest BCUT2D eigenvalue weighted by Crippen LogP contribution is -2.26. The quantitative estimate of drug-likeness (QED) is 0.185. The van der Waals surface area contributed by atoms with Gasteiger partial charge in [0, 0.05) is 30.9 Å². The van der Waals surface area contributed by atoms with Crippen LogP contribution in [0.25, 0.3) is 11.1 Å². The van der Waals surface area contributed by atoms with E-state index >= 15 is 8.78 Å². The number of benzene rings is 1. The Morgan fingerprint density at radius 1 is 1.27 bits per heavy atom. The second-order valence-electron chi connectivity index (χ2n) is 7.66. The van der Waals surface area contributed by atoms with Crippen LogP contribution in [0.4, 0.5) is 14.5 Å². The summed E-state index contributed by atoms with van der Waals surface area (Å²) in [4.78, 5) is 14.6. The summed E-state index contributed by atoms with van der Waals surface area (Å²) in [7, 11) is 3.16. The topological polar surface area (TPSA) is 97.9 Å². The molecular weight excluding hydrogens is 454 g/mol. The van der Waals surface area contributed by atoms with Crippen LogP contribution in [0, 0.1) is 11.6 Å². The fourth-order valence-corrected chi connectivity index (χ4v) is 3.98. The van der Waals surface area contributed by atoms with Crippen LogP contribution >= 0.6 is 11.6 Å². The van der Waals surface area contributed by atoms with Crippen molar-refractivity contribution in [3.63, 3.8) is 0 Å². The van der Waals surface area contributed by atoms with E-state index in [2.05, 4.69) is 25.3 Å². The molecule has 1 aromatic heterocycles. The van der Waals surface area contributed by atoms with E-state index in [4.69, 9.17) is 22.1 Å². The Balaban J connectivity index is 2.07. The van der Waals surface area contributed by atoms with Crippen molar-refractivity contribution in [1.29, 1.82) is 0 Å². The van der Waals surface area contributed by atoms with Gasteiger partial charge < -0.3 is 25.5 Å². The highest BCUT2D eigenvalue weighted by atomic mass is 35.5. The van der Waals surface area contributed by atoms with Crippen molar-refractivity contribution in [3.05, 3.63) is 34.9 Å². The van der Waals surface area contributed by atoms with Crippen molar-refractivity contribution < 1.29 is 18.4 Å². The number of hydrogen-bond acceptors (Lipinski definition) is 7. The third kappa shape index (κ3) is 6.00. The second-order valence-corrected chi connectivity index (χ2v) is 8.02. The lowest BCUT2D eigenvalue weighted by molar-refractivity contribution is 0.213. The van der Waals surface area contributed by atoms with Crippen LogP contribution in [0.5, 0.6) is 5.75 Å². The van der Waals surface area contributed by atoms with E-state index in [-0.39, 0.29) is 39.4 Å². The molecule has 33 heavy (non-hydrogen) atoms. The molecule has 0 amide bonds. The van der Waals surface area contributed by atoms with Crippen molar-refractivity contribution in [2.45, 2.75) is 32.1 Å². The highest BCUT2D eigenvalue weighted by molar-refractivity contribution is 6.32. The maximum atomic E-state index is 16.0. The molecule has 1 saturated heterocycles. The van der Waals surface area contributed by atoms with E-state index in [1.54, 1.807) is 0 Å². The van der Waals surface area contributed by atoms with E-state index in [1.165, 1.54) is 19.4 Å². The average Bonchev–Trinajstić information content (AvgIpc) is 3.07. The molecular formula is C22H29ClF2N6O2. The van der Waals surface area contributed by atoms with Crippen LogP contribution in [-0.2, 0) is 4.84 Å². The van der Waals surface area contributed by atoms with Gasteiger partial charge in [0.2, 0.25) is 5.84 Å². The summed E-state index contributed by atoms with van der Waals surface area (Å²) in [5.41, 5.74) is 5.65. The van der Waals surface area contributed by atoms with Gasteiger partial charge in [0.1, 0.15) is 29.5 Å². The molecule has 0 spiro atoms. The van der Waals surface area contributed by atoms with E-state index in [0.29, 0.717) is 26.1 Å². The maximum Gasteiger partial charge on any atom is 0.208 e. The summed E-state index contributed by atoms with van der Waals surface area (Å²) in [6.45, 7) is 2.37. The van der Waals surface area contributed by atoms with Crippen LogP contribution in [0.15, 0.2) is 17.4 Å². The number of amidine groups is 1. The average molecular weight is 483 g/mol. The molecule has 0 unspecified atom stereocenters. The molecule has 11 heteroatoms. The van der Waals surface area contributed by atoms with Crippen molar-refractivity contribution >= 4 is 23.1 Å². The molecule has 2 heterocycles. The van der Waals surface area contributed by atoms with Crippen LogP contribution in [0.2, 0.25) is 5.15 Å². The van der Waals surface area contributed by atoms with E-state index in [0.717, 1.165) is 32.2 Å². The molecule has 3 N–H and O–H groups in total. The number of aromatic nitrogens is 2. The van der Waals surface area contributed by atoms with Gasteiger partial charge in [0.05, 0.1) is 12.2 Å². The smallest absolute Gasteiger partial charge is 0.208 e. The van der Waals surface area contributed by atoms with E-state index < -0.39 is 11.6 Å². The van der Waals surface area contributed by atoms with Crippen molar-refractivity contribution in [2.24, 2.45) is 10.9 Å². The highest BCUT2D eigenvalue weighted by Crippen LogP contribution is 2.42. The van der Waals surface area contributed by atoms with Gasteiger partial charge in [0.25, 0.3) is 0 Å². The standard InChI is InChI=1S/C22H29ClF2N6O2/c1-27-8-7-11-33-16-12-15(24)17(18(25)19(16)31-9-5-3-4-6-10-31)14-13-28-22(29-20(14)23)21(26)30-32-2/h12-13,27H,3-11H2,1-2H3,(H2,26,30). The van der Waals surface area contributed by atoms with Crippen molar-refractivity contribution in [2.75, 3.05) is 45.3 Å². The predicted octanol–water partition coefficient (Wildman–Crippen LogP) is 3.71. The van der Waals surface area contributed by atoms with Gasteiger partial charge in [-0.2, -0.15) is 0 Å². The maximum absolute atomic E-state index is 16.0. The third-order valence-electron chi connectivity index (χ3n) is 5.34. The van der Waals surface area contributed by atoms with Crippen LogP contribution in [0.3, 0.4) is 0 Å². The van der Waals surface area contributed by atoms with Gasteiger partial charge in [-0.15, -0.1) is 0 Å². The van der Waals surface area contributed by atoms with Crippen LogP contribution in [0.1, 0.15) is 37.9 Å². The van der Waals surface area contributed by atoms with Gasteiger partial charge >= 0.3 is 0 Å². The molecule has 0 bridgehead atoms. The number of anilines is 1. The van der Waals surface area contributed by atoms with Gasteiger partial charge in [-0.3, -0.25) is 0 Å². The summed E-state index contributed by atoms with van der Waals surface area (Å²) in [5, 5.41) is 6.42. The SMILES string of the molecule is CNCCCOc1cc(F)c(-c2cnc(/C(N)=N\OC)nc2Cl)c(F)c1N1CCCCCC1. The zero-order chi connectivity index (χ0) is 23.8. The molecule has 0 saturated carbocycles. The number of oxime groups is 1. The number of halogens is 3. The monoisotopic (exact) mass is 482 g/mol. The number of nitrogens with two attached hydrogens (primary N) is 1. The van der Waals surface area contributed by atoms with Crippen molar-refractivity contribution in [3.8, 4) is 16.9 Å². The summed E-state index contributed by atoms with van der Waals surface area (Å²) in [5.74, 6) is -1.51. The van der Waals surface area contributed by atoms with E-state index in [9.17, 15) is 0 Å². The molecule has 180 valence electrons. The number of ether oxygens (including phenoxy) is 1. The fourth-order valence-electron chi connectivity index (χ4n) is 3.76. The number of nitrogens with zero attached hydrogens (tertiary/aromatic N) is 4. The molecule has 1 aliphatic heterocycles. The zero-order valence-electron chi connectivity index (χ0n) is 18.8. The molecule has 1 aliphatic rings. The summed E-state index contributed by atoms with van der Waals surface area (Å²) in [6, 6.07) is 1.21. The molecule has 0 atom stereocenters. The Hall–Kier alpha value is -2.72. The minimum absolute atomic E-state index is 0.0105. The lowest BCUT2D eigenvalue weighted by atomic mass is 10.0. The minimum atomic E-state index is -0.813. The first kappa shape index (κ1) is 24.9. The largest absolute Gasteiger partial charge is 0.491 e. The number of hydrogen-bond donors (Lipinski definition) is 2. The highest BCUT2D eigenvalue weighted by Gasteiger charge is 2.27. The molecule has 1 fully saturated rings. The Morgan fingerprint density at radius 2 is 2.00 bits per heavy atom. The van der Waals surface area contributed by atoms with Gasteiger partial charge in [-0.1, -0.05) is 29.6 Å². The fraction of sp³-hybridized carbons (Fsp3) is 0.500. The first-order valence-corrected chi connectivity index (χ1v) is 11.3. The molecule has 0 radical (unpaired) electrons. The Bertz CT molecular complexity index is 984. The van der Waals surface area contributed by atoms with Gasteiger partial charge in [0.15, 0.2) is 11.6 Å². The van der Waals surface area contributed by atoms with Gasteiger partial charge in [-0.25, -0.2) is 18.7 Å². The van der Waals surface area contributed by atoms with Crippen LogP contribution < -0.4 is 20.7 Å². The molecule has 0 aliphatic carbocycles. The lowest BCUT2D eigenvalue weighted by Gasteiger charge is -2.27. The number of nitrogens with one attached hydrogen (secondary N) is 1. The first-order valence-electron chi connectivity index (χ1n) is 10.9. The summed E-state index contributed by atoms with van der Waals surface area (Å²) >= 11 is 6.29. The molecule has 3 rings (SSSR count). The molecule has 1 aromatic carbocycles. The Kier molecular flexibility index (Phi) is 9.02. The summed E-state index contributed by atoms with van der Waals surface area (Å²) < 4.78 is 37.0. The normalized spacial score (nSPS) is 14.8. The minimum Gasteiger partial charge on any atom is -0.491 e.